The van der Waals surface area contributed by atoms with Crippen molar-refractivity contribution in [3.05, 3.63) is 35.9 Å². The first kappa shape index (κ1) is 29.1. The van der Waals surface area contributed by atoms with Crippen LogP contribution in [0.2, 0.25) is 0 Å². The molecule has 0 heterocycles. The summed E-state index contributed by atoms with van der Waals surface area (Å²) in [6.45, 7) is 3.54. The lowest BCUT2D eigenvalue weighted by Crippen LogP contribution is -2.54. The third-order valence-corrected chi connectivity index (χ3v) is 8.89. The van der Waals surface area contributed by atoms with Crippen LogP contribution in [-0.4, -0.2) is 48.5 Å². The minimum absolute atomic E-state index is 0.0157. The van der Waals surface area contributed by atoms with E-state index < -0.39 is 29.9 Å². The van der Waals surface area contributed by atoms with E-state index in [-0.39, 0.29) is 44.0 Å². The maximum Gasteiger partial charge on any atom is 0.325 e. The summed E-state index contributed by atoms with van der Waals surface area (Å²) in [6.07, 6.45) is 6.58. The summed E-state index contributed by atoms with van der Waals surface area (Å²) in [5.41, 5.74) is 6.91. The van der Waals surface area contributed by atoms with Crippen LogP contribution in [0.5, 0.6) is 0 Å². The van der Waals surface area contributed by atoms with Crippen molar-refractivity contribution in [1.82, 2.24) is 10.6 Å². The molecular weight excluding hydrogens is 498 g/mol. The fourth-order valence-electron chi connectivity index (χ4n) is 6.66. The lowest BCUT2D eigenvalue weighted by molar-refractivity contribution is -0.171. The zero-order chi connectivity index (χ0) is 27.9. The average molecular weight is 542 g/mol. The van der Waals surface area contributed by atoms with Crippen molar-refractivity contribution >= 4 is 23.8 Å². The van der Waals surface area contributed by atoms with Gasteiger partial charge in [-0.1, -0.05) is 50.6 Å². The lowest BCUT2D eigenvalue weighted by atomic mass is 9.55. The van der Waals surface area contributed by atoms with E-state index in [2.05, 4.69) is 10.6 Å². The number of esters is 2. The molecule has 0 aromatic heterocycles. The van der Waals surface area contributed by atoms with E-state index in [0.29, 0.717) is 18.3 Å². The van der Waals surface area contributed by atoms with E-state index in [1.165, 1.54) is 6.42 Å². The molecule has 4 aliphatic rings. The minimum atomic E-state index is -1.03. The SMILES string of the molecule is CC[C@H](C)[C@H](N)C(=O)N[C@@H](CCC(=O)OC1C2CC3CC(C2)CC1C3)C(=O)NCC(=O)OCc1ccccc1. The fraction of sp³-hybridized carbons (Fsp3) is 0.667. The summed E-state index contributed by atoms with van der Waals surface area (Å²) in [7, 11) is 0. The van der Waals surface area contributed by atoms with Gasteiger partial charge in [-0.2, -0.15) is 0 Å². The largest absolute Gasteiger partial charge is 0.462 e. The predicted octanol–water partition coefficient (Wildman–Crippen LogP) is 2.85. The maximum absolute atomic E-state index is 13.0. The van der Waals surface area contributed by atoms with Gasteiger partial charge in [0.2, 0.25) is 11.8 Å². The van der Waals surface area contributed by atoms with E-state index in [9.17, 15) is 19.2 Å². The lowest BCUT2D eigenvalue weighted by Gasteiger charge is -2.53. The number of amides is 2. The van der Waals surface area contributed by atoms with E-state index in [1.807, 2.05) is 44.2 Å². The Kier molecular flexibility index (Phi) is 9.99. The Morgan fingerprint density at radius 3 is 2.21 bits per heavy atom. The minimum Gasteiger partial charge on any atom is -0.462 e. The molecule has 0 spiro atoms. The summed E-state index contributed by atoms with van der Waals surface area (Å²) in [4.78, 5) is 50.8. The highest BCUT2D eigenvalue weighted by Crippen LogP contribution is 2.54. The van der Waals surface area contributed by atoms with Crippen LogP contribution < -0.4 is 16.4 Å². The number of nitrogens with one attached hydrogen (secondary N) is 2. The Labute approximate surface area is 230 Å². The number of hydrogen-bond acceptors (Lipinski definition) is 7. The van der Waals surface area contributed by atoms with Gasteiger partial charge in [0, 0.05) is 6.42 Å². The van der Waals surface area contributed by atoms with Crippen molar-refractivity contribution in [2.45, 2.75) is 90.0 Å². The third kappa shape index (κ3) is 7.81. The van der Waals surface area contributed by atoms with E-state index in [0.717, 1.165) is 43.1 Å². The molecule has 4 N–H and O–H groups in total. The first-order chi connectivity index (χ1) is 18.7. The second-order valence-electron chi connectivity index (χ2n) is 11.8. The summed E-state index contributed by atoms with van der Waals surface area (Å²) >= 11 is 0. The summed E-state index contributed by atoms with van der Waals surface area (Å²) < 4.78 is 11.2. The summed E-state index contributed by atoms with van der Waals surface area (Å²) in [5, 5.41) is 5.22. The number of benzene rings is 1. The molecule has 2 amide bonds. The van der Waals surface area contributed by atoms with Gasteiger partial charge < -0.3 is 25.8 Å². The first-order valence-corrected chi connectivity index (χ1v) is 14.5. The van der Waals surface area contributed by atoms with Crippen LogP contribution in [0.4, 0.5) is 0 Å². The van der Waals surface area contributed by atoms with Crippen LogP contribution in [-0.2, 0) is 35.3 Å². The summed E-state index contributed by atoms with van der Waals surface area (Å²) in [6, 6.07) is 7.40. The Morgan fingerprint density at radius 2 is 1.59 bits per heavy atom. The third-order valence-electron chi connectivity index (χ3n) is 8.89. The molecule has 39 heavy (non-hydrogen) atoms. The quantitative estimate of drug-likeness (QED) is 0.327. The predicted molar refractivity (Wildman–Crippen MR) is 145 cm³/mol. The second-order valence-corrected chi connectivity index (χ2v) is 11.8. The number of ether oxygens (including phenoxy) is 2. The summed E-state index contributed by atoms with van der Waals surface area (Å²) in [5.74, 6) is 0.370. The molecule has 0 radical (unpaired) electrons. The molecule has 9 nitrogen and oxygen atoms in total. The zero-order valence-corrected chi connectivity index (χ0v) is 23.1. The molecule has 4 bridgehead atoms. The van der Waals surface area contributed by atoms with Crippen molar-refractivity contribution in [2.24, 2.45) is 35.3 Å². The van der Waals surface area contributed by atoms with Crippen molar-refractivity contribution < 1.29 is 28.7 Å². The molecule has 9 heteroatoms. The number of rotatable bonds is 13. The molecule has 5 rings (SSSR count). The standard InChI is InChI=1S/C30H43N3O6/c1-3-18(2)27(31)30(37)33-24(29(36)32-16-26(35)38-17-19-7-5-4-6-8-19)9-10-25(34)39-28-22-12-20-11-21(14-22)15-23(28)13-20/h4-8,18,20-24,27-28H,3,9-17,31H2,1-2H3,(H,32,36)(H,33,37)/t18-,20?,21?,22?,23?,24-,27-,28?/m0/s1. The molecule has 0 saturated heterocycles. The number of carbonyl (C=O) groups excluding carboxylic acids is 4. The average Bonchev–Trinajstić information content (AvgIpc) is 2.93. The van der Waals surface area contributed by atoms with E-state index in [1.54, 1.807) is 0 Å². The molecule has 4 fully saturated rings. The topological polar surface area (TPSA) is 137 Å². The number of hydrogen-bond donors (Lipinski definition) is 3. The molecule has 4 aliphatic carbocycles. The van der Waals surface area contributed by atoms with Gasteiger partial charge in [-0.25, -0.2) is 0 Å². The van der Waals surface area contributed by atoms with Gasteiger partial charge in [0.1, 0.15) is 25.3 Å². The van der Waals surface area contributed by atoms with Crippen molar-refractivity contribution in [2.75, 3.05) is 6.54 Å². The van der Waals surface area contributed by atoms with Crippen molar-refractivity contribution in [1.29, 1.82) is 0 Å². The monoisotopic (exact) mass is 541 g/mol. The van der Waals surface area contributed by atoms with Crippen molar-refractivity contribution in [3.8, 4) is 0 Å². The van der Waals surface area contributed by atoms with Gasteiger partial charge in [-0.05, 0) is 73.7 Å². The molecule has 0 unspecified atom stereocenters. The van der Waals surface area contributed by atoms with Gasteiger partial charge >= 0.3 is 11.9 Å². The highest BCUT2D eigenvalue weighted by molar-refractivity contribution is 5.91. The molecule has 0 aliphatic heterocycles. The van der Waals surface area contributed by atoms with Gasteiger partial charge in [0.15, 0.2) is 0 Å². The Morgan fingerprint density at radius 1 is 0.949 bits per heavy atom. The fourth-order valence-corrected chi connectivity index (χ4v) is 6.66. The molecule has 4 saturated carbocycles. The number of carbonyl (C=O) groups is 4. The van der Waals surface area contributed by atoms with Gasteiger partial charge in [-0.15, -0.1) is 0 Å². The molecule has 3 atom stereocenters. The molecule has 1 aromatic carbocycles. The van der Waals surface area contributed by atoms with Crippen LogP contribution in [0.25, 0.3) is 0 Å². The molecule has 214 valence electrons. The molecule has 1 aromatic rings. The number of nitrogens with two attached hydrogens (primary N) is 1. The van der Waals surface area contributed by atoms with Crippen LogP contribution in [0.1, 0.15) is 70.8 Å². The van der Waals surface area contributed by atoms with Crippen LogP contribution >= 0.6 is 0 Å². The van der Waals surface area contributed by atoms with E-state index in [4.69, 9.17) is 15.2 Å². The smallest absolute Gasteiger partial charge is 0.325 e. The van der Waals surface area contributed by atoms with Crippen molar-refractivity contribution in [3.63, 3.8) is 0 Å². The van der Waals surface area contributed by atoms with Gasteiger partial charge in [0.05, 0.1) is 6.04 Å². The zero-order valence-electron chi connectivity index (χ0n) is 23.1. The first-order valence-electron chi connectivity index (χ1n) is 14.5. The van der Waals surface area contributed by atoms with Crippen LogP contribution in [0, 0.1) is 29.6 Å². The highest BCUT2D eigenvalue weighted by Gasteiger charge is 2.49. The molecular formula is C30H43N3O6. The van der Waals surface area contributed by atoms with Crippen LogP contribution in [0.15, 0.2) is 30.3 Å². The van der Waals surface area contributed by atoms with Crippen LogP contribution in [0.3, 0.4) is 0 Å². The highest BCUT2D eigenvalue weighted by atomic mass is 16.5. The van der Waals surface area contributed by atoms with E-state index >= 15 is 0 Å². The Balaban J connectivity index is 1.29. The van der Waals surface area contributed by atoms with Gasteiger partial charge in [-0.3, -0.25) is 19.2 Å². The van der Waals surface area contributed by atoms with Gasteiger partial charge in [0.25, 0.3) is 0 Å². The Bertz CT molecular complexity index is 987. The second kappa shape index (κ2) is 13.4. The normalized spacial score (nSPS) is 27.2. The Hall–Kier alpha value is -2.94. The maximum atomic E-state index is 13.0.